The van der Waals surface area contributed by atoms with Gasteiger partial charge in [0.25, 0.3) is 15.9 Å². The maximum absolute atomic E-state index is 12.9. The molecular weight excluding hydrogens is 400 g/mol. The van der Waals surface area contributed by atoms with Gasteiger partial charge in [-0.1, -0.05) is 18.2 Å². The van der Waals surface area contributed by atoms with Crippen LogP contribution in [0.3, 0.4) is 0 Å². The number of benzene rings is 2. The summed E-state index contributed by atoms with van der Waals surface area (Å²) in [7, 11) is -0.231. The largest absolute Gasteiger partial charge is 0.362 e. The summed E-state index contributed by atoms with van der Waals surface area (Å²) in [5, 5.41) is 2.77. The van der Waals surface area contributed by atoms with E-state index in [1.165, 1.54) is 6.07 Å². The van der Waals surface area contributed by atoms with E-state index in [-0.39, 0.29) is 10.8 Å². The molecule has 0 radical (unpaired) electrons. The Morgan fingerprint density at radius 3 is 2.43 bits per heavy atom. The lowest BCUT2D eigenvalue weighted by molar-refractivity contribution is 0.102. The summed E-state index contributed by atoms with van der Waals surface area (Å²) in [5.74, 6) is 0.154. The number of anilines is 3. The quantitative estimate of drug-likeness (QED) is 0.628. The first-order chi connectivity index (χ1) is 14.2. The Kier molecular flexibility index (Phi) is 6.07. The molecule has 2 aromatic carbocycles. The number of nitrogens with one attached hydrogen (secondary N) is 2. The fourth-order valence-electron chi connectivity index (χ4n) is 3.02. The lowest BCUT2D eigenvalue weighted by Gasteiger charge is -2.16. The molecule has 0 aliphatic rings. The van der Waals surface area contributed by atoms with Gasteiger partial charge in [-0.3, -0.25) is 9.52 Å². The first kappa shape index (κ1) is 21.3. The third-order valence-electron chi connectivity index (χ3n) is 4.46. The van der Waals surface area contributed by atoms with Gasteiger partial charge in [0.2, 0.25) is 0 Å². The van der Waals surface area contributed by atoms with Crippen molar-refractivity contribution in [3.63, 3.8) is 0 Å². The van der Waals surface area contributed by atoms with Crippen LogP contribution >= 0.6 is 0 Å². The van der Waals surface area contributed by atoms with E-state index in [0.29, 0.717) is 28.3 Å². The van der Waals surface area contributed by atoms with Gasteiger partial charge in [0.1, 0.15) is 5.82 Å². The second-order valence-electron chi connectivity index (χ2n) is 7.18. The van der Waals surface area contributed by atoms with E-state index in [1.807, 2.05) is 13.0 Å². The Morgan fingerprint density at radius 1 is 0.967 bits per heavy atom. The number of nitrogens with zero attached hydrogens (tertiary/aromatic N) is 2. The van der Waals surface area contributed by atoms with Crippen LogP contribution in [-0.4, -0.2) is 33.4 Å². The lowest BCUT2D eigenvalue weighted by atomic mass is 10.2. The monoisotopic (exact) mass is 424 g/mol. The molecule has 0 aliphatic heterocycles. The highest BCUT2D eigenvalue weighted by atomic mass is 32.2. The third-order valence-corrected chi connectivity index (χ3v) is 5.98. The van der Waals surface area contributed by atoms with Crippen LogP contribution in [0.4, 0.5) is 17.2 Å². The van der Waals surface area contributed by atoms with Gasteiger partial charge >= 0.3 is 0 Å². The highest BCUT2D eigenvalue weighted by molar-refractivity contribution is 7.92. The van der Waals surface area contributed by atoms with Crippen molar-refractivity contribution in [1.82, 2.24) is 4.98 Å². The molecule has 3 aromatic rings. The molecule has 0 saturated carbocycles. The molecule has 7 nitrogen and oxygen atoms in total. The van der Waals surface area contributed by atoms with Crippen molar-refractivity contribution in [2.75, 3.05) is 29.0 Å². The van der Waals surface area contributed by atoms with Crippen molar-refractivity contribution in [2.24, 2.45) is 0 Å². The number of pyridine rings is 1. The molecule has 0 aliphatic carbocycles. The van der Waals surface area contributed by atoms with E-state index in [2.05, 4.69) is 15.0 Å². The van der Waals surface area contributed by atoms with Crippen molar-refractivity contribution in [2.45, 2.75) is 18.7 Å². The summed E-state index contributed by atoms with van der Waals surface area (Å²) in [4.78, 5) is 18.8. The van der Waals surface area contributed by atoms with Crippen LogP contribution in [0.1, 0.15) is 21.5 Å². The van der Waals surface area contributed by atoms with Crippen LogP contribution in [0.25, 0.3) is 0 Å². The number of aryl methyl sites for hydroxylation is 2. The second kappa shape index (κ2) is 8.54. The second-order valence-corrected chi connectivity index (χ2v) is 8.83. The summed E-state index contributed by atoms with van der Waals surface area (Å²) in [6, 6.07) is 15.3. The number of carbonyl (C=O) groups excluding carboxylic acids is 1. The number of hydrogen-bond acceptors (Lipinski definition) is 5. The fourth-order valence-corrected chi connectivity index (χ4v) is 4.34. The number of hydrogen-bond donors (Lipinski definition) is 2. The molecule has 156 valence electrons. The smallest absolute Gasteiger partial charge is 0.262 e. The Balaban J connectivity index is 1.89. The van der Waals surface area contributed by atoms with Crippen LogP contribution in [0.2, 0.25) is 0 Å². The summed E-state index contributed by atoms with van der Waals surface area (Å²) in [6.07, 6.45) is 1.61. The van der Waals surface area contributed by atoms with Gasteiger partial charge in [0, 0.05) is 31.7 Å². The maximum atomic E-state index is 12.9. The Morgan fingerprint density at radius 2 is 1.73 bits per heavy atom. The van der Waals surface area contributed by atoms with Gasteiger partial charge in [0.15, 0.2) is 0 Å². The molecule has 0 unspecified atom stereocenters. The van der Waals surface area contributed by atoms with Gasteiger partial charge in [-0.25, -0.2) is 13.4 Å². The summed E-state index contributed by atoms with van der Waals surface area (Å²) < 4.78 is 28.5. The molecular formula is C22H24N4O3S. The highest BCUT2D eigenvalue weighted by Gasteiger charge is 2.19. The average Bonchev–Trinajstić information content (AvgIpc) is 2.69. The Bertz CT molecular complexity index is 1190. The van der Waals surface area contributed by atoms with Crippen molar-refractivity contribution < 1.29 is 13.2 Å². The van der Waals surface area contributed by atoms with Crippen LogP contribution in [0, 0.1) is 13.8 Å². The van der Waals surface area contributed by atoms with Gasteiger partial charge in [-0.15, -0.1) is 0 Å². The number of carbonyl (C=O) groups is 1. The molecule has 0 bridgehead atoms. The summed E-state index contributed by atoms with van der Waals surface area (Å²) in [6.45, 7) is 3.60. The van der Waals surface area contributed by atoms with E-state index in [9.17, 15) is 13.2 Å². The normalized spacial score (nSPS) is 11.1. The van der Waals surface area contributed by atoms with Crippen LogP contribution < -0.4 is 14.9 Å². The standard InChI is InChI=1S/C22H24N4O3S/c1-15-7-5-8-18(13-15)25-30(28,29)20-14-17(11-10-16(20)2)24-22(27)19-9-6-12-23-21(19)26(3)4/h5-14,25H,1-4H3,(H,24,27). The minimum absolute atomic E-state index is 0.0980. The molecule has 0 atom stereocenters. The number of amides is 1. The minimum atomic E-state index is -3.83. The highest BCUT2D eigenvalue weighted by Crippen LogP contribution is 2.24. The summed E-state index contributed by atoms with van der Waals surface area (Å²) in [5.41, 5.74) is 2.77. The van der Waals surface area contributed by atoms with Gasteiger partial charge in [0.05, 0.1) is 10.5 Å². The van der Waals surface area contributed by atoms with Crippen LogP contribution in [0.5, 0.6) is 0 Å². The lowest BCUT2D eigenvalue weighted by Crippen LogP contribution is -2.20. The van der Waals surface area contributed by atoms with Crippen molar-refractivity contribution in [3.05, 3.63) is 77.5 Å². The van der Waals surface area contributed by atoms with Gasteiger partial charge in [-0.05, 0) is 61.4 Å². The molecule has 30 heavy (non-hydrogen) atoms. The molecule has 0 saturated heterocycles. The van der Waals surface area contributed by atoms with Crippen molar-refractivity contribution >= 4 is 33.1 Å². The third kappa shape index (κ3) is 4.77. The zero-order valence-electron chi connectivity index (χ0n) is 17.3. The van der Waals surface area contributed by atoms with E-state index in [1.54, 1.807) is 74.6 Å². The average molecular weight is 425 g/mol. The first-order valence-electron chi connectivity index (χ1n) is 9.31. The van der Waals surface area contributed by atoms with Crippen LogP contribution in [-0.2, 0) is 10.0 Å². The van der Waals surface area contributed by atoms with E-state index < -0.39 is 10.0 Å². The number of sulfonamides is 1. The van der Waals surface area contributed by atoms with Crippen molar-refractivity contribution in [1.29, 1.82) is 0 Å². The predicted octanol–water partition coefficient (Wildman–Crippen LogP) is 3.82. The molecule has 8 heteroatoms. The van der Waals surface area contributed by atoms with Crippen molar-refractivity contribution in [3.8, 4) is 0 Å². The number of rotatable bonds is 6. The van der Waals surface area contributed by atoms with Gasteiger partial charge in [-0.2, -0.15) is 0 Å². The molecule has 2 N–H and O–H groups in total. The molecule has 1 aromatic heterocycles. The van der Waals surface area contributed by atoms with E-state index in [4.69, 9.17) is 0 Å². The Labute approximate surface area is 176 Å². The molecule has 1 heterocycles. The maximum Gasteiger partial charge on any atom is 0.262 e. The van der Waals surface area contributed by atoms with Crippen LogP contribution in [0.15, 0.2) is 65.7 Å². The minimum Gasteiger partial charge on any atom is -0.362 e. The SMILES string of the molecule is Cc1cccc(NS(=O)(=O)c2cc(NC(=O)c3cccnc3N(C)C)ccc2C)c1. The topological polar surface area (TPSA) is 91.4 Å². The molecule has 0 spiro atoms. The predicted molar refractivity (Wildman–Crippen MR) is 120 cm³/mol. The molecule has 0 fully saturated rings. The van der Waals surface area contributed by atoms with E-state index in [0.717, 1.165) is 5.56 Å². The summed E-state index contributed by atoms with van der Waals surface area (Å²) >= 11 is 0. The van der Waals surface area contributed by atoms with Gasteiger partial charge < -0.3 is 10.2 Å². The first-order valence-corrected chi connectivity index (χ1v) is 10.8. The number of aromatic nitrogens is 1. The molecule has 3 rings (SSSR count). The fraction of sp³-hybridized carbons (Fsp3) is 0.182. The zero-order chi connectivity index (χ0) is 21.9. The zero-order valence-corrected chi connectivity index (χ0v) is 18.1. The molecule has 1 amide bonds. The van der Waals surface area contributed by atoms with E-state index >= 15 is 0 Å². The Hall–Kier alpha value is -3.39.